The second-order valence-electron chi connectivity index (χ2n) is 11.8. The van der Waals surface area contributed by atoms with Gasteiger partial charge in [0.25, 0.3) is 0 Å². The molecule has 0 saturated carbocycles. The Morgan fingerprint density at radius 2 is 0.977 bits per heavy atom. The molecule has 0 bridgehead atoms. The summed E-state index contributed by atoms with van der Waals surface area (Å²) in [6.45, 7) is 0. The predicted octanol–water partition coefficient (Wildman–Crippen LogP) is 10.6. The molecule has 198 valence electrons. The van der Waals surface area contributed by atoms with Gasteiger partial charge < -0.3 is 0 Å². The lowest BCUT2D eigenvalue weighted by Gasteiger charge is -2.40. The van der Waals surface area contributed by atoms with Gasteiger partial charge in [-0.05, 0) is 72.8 Å². The summed E-state index contributed by atoms with van der Waals surface area (Å²) >= 11 is 0. The minimum Gasteiger partial charge on any atom is -0.247 e. The van der Waals surface area contributed by atoms with Crippen molar-refractivity contribution >= 4 is 32.4 Å². The fourth-order valence-electron chi connectivity index (χ4n) is 8.20. The summed E-state index contributed by atoms with van der Waals surface area (Å²) < 4.78 is 0. The number of fused-ring (bicyclic) bond motifs is 12. The standard InChI is InChI=1S/C42H25N/c1-2-17-33-28(13-1)31-16-5-8-22-39(31)43-41(33)27-23-24-37-34(25-27)30-15-4-7-20-36(30)42(37)35-19-6-3-14-29(35)32-18-9-11-26-12-10-21-38(42)40(26)32/h1-25H. The van der Waals surface area contributed by atoms with Gasteiger partial charge in [0, 0.05) is 16.3 Å². The number of pyridine rings is 1. The van der Waals surface area contributed by atoms with Gasteiger partial charge in [0.05, 0.1) is 16.6 Å². The molecule has 0 aliphatic heterocycles. The highest BCUT2D eigenvalue weighted by Crippen LogP contribution is 2.62. The second-order valence-corrected chi connectivity index (χ2v) is 11.8. The smallest absolute Gasteiger partial charge is 0.0788 e. The summed E-state index contributed by atoms with van der Waals surface area (Å²) in [5.41, 5.74) is 13.5. The van der Waals surface area contributed by atoms with Crippen LogP contribution < -0.4 is 0 Å². The lowest BCUT2D eigenvalue weighted by Crippen LogP contribution is -2.31. The Balaban J connectivity index is 1.33. The van der Waals surface area contributed by atoms with Crippen LogP contribution in [0.4, 0.5) is 0 Å². The van der Waals surface area contributed by atoms with Gasteiger partial charge in [-0.3, -0.25) is 0 Å². The molecule has 2 aliphatic rings. The third-order valence-corrected chi connectivity index (χ3v) is 9.86. The number of nitrogens with zero attached hydrogens (tertiary/aromatic N) is 1. The average Bonchev–Trinajstić information content (AvgIpc) is 3.37. The molecule has 0 amide bonds. The van der Waals surface area contributed by atoms with Gasteiger partial charge >= 0.3 is 0 Å². The molecular formula is C42H25N. The zero-order valence-electron chi connectivity index (χ0n) is 23.4. The molecule has 1 spiro atoms. The first-order valence-corrected chi connectivity index (χ1v) is 15.0. The van der Waals surface area contributed by atoms with Crippen LogP contribution in [0.5, 0.6) is 0 Å². The Kier molecular flexibility index (Phi) is 4.44. The first kappa shape index (κ1) is 23.1. The maximum absolute atomic E-state index is 5.26. The molecule has 1 unspecified atom stereocenters. The van der Waals surface area contributed by atoms with Gasteiger partial charge in [-0.2, -0.15) is 0 Å². The predicted molar refractivity (Wildman–Crippen MR) is 178 cm³/mol. The van der Waals surface area contributed by atoms with Crippen LogP contribution in [0.15, 0.2) is 152 Å². The molecule has 0 saturated heterocycles. The Morgan fingerprint density at radius 3 is 1.79 bits per heavy atom. The van der Waals surface area contributed by atoms with E-state index in [1.54, 1.807) is 0 Å². The topological polar surface area (TPSA) is 12.9 Å². The minimum absolute atomic E-state index is 0.395. The normalized spacial score (nSPS) is 16.0. The molecule has 2 aliphatic carbocycles. The summed E-state index contributed by atoms with van der Waals surface area (Å²) in [5.74, 6) is 0. The molecule has 1 heteroatoms. The first-order chi connectivity index (χ1) is 21.3. The molecule has 0 radical (unpaired) electrons. The number of benzene rings is 7. The van der Waals surface area contributed by atoms with Crippen molar-refractivity contribution in [1.82, 2.24) is 4.98 Å². The van der Waals surface area contributed by atoms with E-state index in [0.29, 0.717) is 0 Å². The van der Waals surface area contributed by atoms with Crippen LogP contribution in [-0.4, -0.2) is 4.98 Å². The van der Waals surface area contributed by atoms with Crippen molar-refractivity contribution in [3.63, 3.8) is 0 Å². The van der Waals surface area contributed by atoms with Crippen molar-refractivity contribution in [2.45, 2.75) is 5.41 Å². The van der Waals surface area contributed by atoms with E-state index < -0.39 is 5.41 Å². The lowest BCUT2D eigenvalue weighted by molar-refractivity contribution is 0.773. The molecule has 0 N–H and O–H groups in total. The van der Waals surface area contributed by atoms with E-state index in [4.69, 9.17) is 4.98 Å². The van der Waals surface area contributed by atoms with Crippen LogP contribution in [0, 0.1) is 0 Å². The van der Waals surface area contributed by atoms with Crippen LogP contribution in [0.25, 0.3) is 66.0 Å². The van der Waals surface area contributed by atoms with Crippen molar-refractivity contribution < 1.29 is 0 Å². The fraction of sp³-hybridized carbons (Fsp3) is 0.0238. The maximum atomic E-state index is 5.26. The van der Waals surface area contributed by atoms with Crippen LogP contribution in [0.3, 0.4) is 0 Å². The molecule has 0 fully saturated rings. The number of hydrogen-bond donors (Lipinski definition) is 0. The quantitative estimate of drug-likeness (QED) is 0.188. The van der Waals surface area contributed by atoms with Crippen molar-refractivity contribution in [3.8, 4) is 33.5 Å². The SMILES string of the molecule is c1ccc2c(c1)-c1cc(-c3nc4ccccc4c4ccccc34)ccc1C21c2ccccc2-c2cccc3cccc1c23. The maximum Gasteiger partial charge on any atom is 0.0788 e. The van der Waals surface area contributed by atoms with E-state index >= 15 is 0 Å². The number of para-hydroxylation sites is 1. The highest BCUT2D eigenvalue weighted by Gasteiger charge is 2.49. The summed E-state index contributed by atoms with van der Waals surface area (Å²) in [6, 6.07) is 55.9. The molecule has 1 heterocycles. The average molecular weight is 544 g/mol. The highest BCUT2D eigenvalue weighted by atomic mass is 14.7. The van der Waals surface area contributed by atoms with E-state index in [1.807, 2.05) is 0 Å². The number of rotatable bonds is 1. The third kappa shape index (κ3) is 2.84. The first-order valence-electron chi connectivity index (χ1n) is 15.0. The van der Waals surface area contributed by atoms with Crippen LogP contribution in [0.2, 0.25) is 0 Å². The molecule has 7 aromatic carbocycles. The van der Waals surface area contributed by atoms with Gasteiger partial charge in [0.15, 0.2) is 0 Å². The monoisotopic (exact) mass is 543 g/mol. The van der Waals surface area contributed by atoms with Gasteiger partial charge in [-0.15, -0.1) is 0 Å². The molecule has 8 aromatic rings. The summed E-state index contributed by atoms with van der Waals surface area (Å²) in [7, 11) is 0. The van der Waals surface area contributed by atoms with E-state index in [1.165, 1.54) is 71.4 Å². The van der Waals surface area contributed by atoms with Gasteiger partial charge in [0.2, 0.25) is 0 Å². The van der Waals surface area contributed by atoms with Gasteiger partial charge in [-0.1, -0.05) is 140 Å². The Morgan fingerprint density at radius 1 is 0.395 bits per heavy atom. The Labute approximate surface area is 249 Å². The fourth-order valence-corrected chi connectivity index (χ4v) is 8.20. The molecule has 1 nitrogen and oxygen atoms in total. The summed E-state index contributed by atoms with van der Waals surface area (Å²) in [4.78, 5) is 5.26. The molecular weight excluding hydrogens is 518 g/mol. The van der Waals surface area contributed by atoms with E-state index in [0.717, 1.165) is 16.8 Å². The zero-order chi connectivity index (χ0) is 28.1. The van der Waals surface area contributed by atoms with Crippen LogP contribution in [0.1, 0.15) is 22.3 Å². The van der Waals surface area contributed by atoms with Crippen molar-refractivity contribution in [1.29, 1.82) is 0 Å². The van der Waals surface area contributed by atoms with Crippen molar-refractivity contribution in [2.24, 2.45) is 0 Å². The molecule has 43 heavy (non-hydrogen) atoms. The van der Waals surface area contributed by atoms with Crippen LogP contribution in [-0.2, 0) is 5.41 Å². The van der Waals surface area contributed by atoms with Crippen molar-refractivity contribution in [2.75, 3.05) is 0 Å². The van der Waals surface area contributed by atoms with Gasteiger partial charge in [0.1, 0.15) is 0 Å². The van der Waals surface area contributed by atoms with Crippen LogP contribution >= 0.6 is 0 Å². The Hall–Kier alpha value is -5.53. The molecule has 1 atom stereocenters. The third-order valence-electron chi connectivity index (χ3n) is 9.86. The molecule has 10 rings (SSSR count). The highest BCUT2D eigenvalue weighted by molar-refractivity contribution is 6.11. The largest absolute Gasteiger partial charge is 0.247 e. The van der Waals surface area contributed by atoms with Crippen molar-refractivity contribution in [3.05, 3.63) is 174 Å². The lowest BCUT2D eigenvalue weighted by atomic mass is 9.61. The summed E-state index contributed by atoms with van der Waals surface area (Å²) in [5, 5.41) is 6.27. The second kappa shape index (κ2) is 8.27. The summed E-state index contributed by atoms with van der Waals surface area (Å²) in [6.07, 6.45) is 0. The zero-order valence-corrected chi connectivity index (χ0v) is 23.4. The van der Waals surface area contributed by atoms with E-state index in [2.05, 4.69) is 152 Å². The molecule has 1 aromatic heterocycles. The van der Waals surface area contributed by atoms with Gasteiger partial charge in [-0.25, -0.2) is 4.98 Å². The van der Waals surface area contributed by atoms with E-state index in [9.17, 15) is 0 Å². The number of hydrogen-bond acceptors (Lipinski definition) is 1. The minimum atomic E-state index is -0.395. The number of aromatic nitrogens is 1. The Bertz CT molecular complexity index is 2460. The van der Waals surface area contributed by atoms with E-state index in [-0.39, 0.29) is 0 Å².